The normalized spacial score (nSPS) is 17.6. The lowest BCUT2D eigenvalue weighted by atomic mass is 9.96. The summed E-state index contributed by atoms with van der Waals surface area (Å²) in [4.78, 5) is 28.7. The molecule has 1 fully saturated rings. The van der Waals surface area contributed by atoms with Crippen LogP contribution in [0.4, 0.5) is 0 Å². The van der Waals surface area contributed by atoms with E-state index in [1.165, 1.54) is 24.7 Å². The Balaban J connectivity index is 1.64. The van der Waals surface area contributed by atoms with Crippen LogP contribution in [0.15, 0.2) is 58.7 Å². The highest BCUT2D eigenvalue weighted by atomic mass is 35.5. The first-order valence-electron chi connectivity index (χ1n) is 11.7. The van der Waals surface area contributed by atoms with Crippen LogP contribution < -0.4 is 5.32 Å². The lowest BCUT2D eigenvalue weighted by molar-refractivity contribution is -0.126. The molecular weight excluding hydrogens is 424 g/mol. The van der Waals surface area contributed by atoms with E-state index in [4.69, 9.17) is 16.0 Å². The van der Waals surface area contributed by atoms with Gasteiger partial charge in [0.15, 0.2) is 5.76 Å². The summed E-state index contributed by atoms with van der Waals surface area (Å²) in [5.41, 5.74) is 2.11. The Morgan fingerprint density at radius 1 is 1.09 bits per heavy atom. The number of allylic oxidation sites excluding steroid dienone is 1. The van der Waals surface area contributed by atoms with Crippen LogP contribution in [0.3, 0.4) is 0 Å². The molecule has 0 unspecified atom stereocenters. The Kier molecular flexibility index (Phi) is 7.69. The van der Waals surface area contributed by atoms with E-state index in [0.717, 1.165) is 50.5 Å². The topological polar surface area (TPSA) is 62.6 Å². The number of furan rings is 1. The summed E-state index contributed by atoms with van der Waals surface area (Å²) < 4.78 is 5.43. The van der Waals surface area contributed by atoms with Crippen molar-refractivity contribution in [2.75, 3.05) is 6.54 Å². The second-order valence-electron chi connectivity index (χ2n) is 8.78. The molecule has 0 radical (unpaired) electrons. The first-order valence-corrected chi connectivity index (χ1v) is 12.1. The summed E-state index contributed by atoms with van der Waals surface area (Å²) in [5.74, 6) is -0.167. The zero-order valence-corrected chi connectivity index (χ0v) is 19.2. The summed E-state index contributed by atoms with van der Waals surface area (Å²) in [5, 5.41) is 3.80. The number of halogens is 1. The monoisotopic (exact) mass is 454 g/mol. The van der Waals surface area contributed by atoms with E-state index in [0.29, 0.717) is 11.6 Å². The lowest BCUT2D eigenvalue weighted by Gasteiger charge is -2.32. The molecule has 1 aromatic carbocycles. The summed E-state index contributed by atoms with van der Waals surface area (Å²) in [6, 6.07) is 9.99. The molecule has 4 rings (SSSR count). The average molecular weight is 455 g/mol. The van der Waals surface area contributed by atoms with Gasteiger partial charge in [-0.25, -0.2) is 0 Å². The molecule has 2 aromatic rings. The summed E-state index contributed by atoms with van der Waals surface area (Å²) in [6.45, 7) is 0.455. The quantitative estimate of drug-likeness (QED) is 0.492. The van der Waals surface area contributed by atoms with Crippen LogP contribution in [0.25, 0.3) is 0 Å². The zero-order valence-electron chi connectivity index (χ0n) is 18.4. The Hall–Kier alpha value is -2.53. The fourth-order valence-corrected chi connectivity index (χ4v) is 4.88. The third kappa shape index (κ3) is 5.63. The van der Waals surface area contributed by atoms with Gasteiger partial charge < -0.3 is 14.6 Å². The van der Waals surface area contributed by atoms with Crippen molar-refractivity contribution in [2.24, 2.45) is 0 Å². The van der Waals surface area contributed by atoms with Crippen molar-refractivity contribution in [1.82, 2.24) is 10.2 Å². The fraction of sp³-hybridized carbons (Fsp3) is 0.462. The number of nitrogens with one attached hydrogen (secondary N) is 1. The van der Waals surface area contributed by atoms with Crippen LogP contribution in [0.1, 0.15) is 79.9 Å². The lowest BCUT2D eigenvalue weighted by Crippen LogP contribution is -2.46. The van der Waals surface area contributed by atoms with Gasteiger partial charge in [0.25, 0.3) is 5.91 Å². The molecule has 6 heteroatoms. The molecule has 1 aromatic heterocycles. The van der Waals surface area contributed by atoms with Crippen molar-refractivity contribution in [1.29, 1.82) is 0 Å². The van der Waals surface area contributed by atoms with Gasteiger partial charge in [0, 0.05) is 17.6 Å². The number of hydrogen-bond acceptors (Lipinski definition) is 3. The van der Waals surface area contributed by atoms with E-state index >= 15 is 0 Å². The second kappa shape index (κ2) is 10.9. The first kappa shape index (κ1) is 22.7. The number of amides is 2. The highest BCUT2D eigenvalue weighted by Crippen LogP contribution is 2.29. The molecule has 1 atom stereocenters. The first-order chi connectivity index (χ1) is 15.6. The van der Waals surface area contributed by atoms with Crippen molar-refractivity contribution in [3.63, 3.8) is 0 Å². The van der Waals surface area contributed by atoms with Gasteiger partial charge in [-0.05, 0) is 74.8 Å². The molecule has 1 heterocycles. The van der Waals surface area contributed by atoms with Gasteiger partial charge in [0.2, 0.25) is 5.91 Å². The number of hydrogen-bond donors (Lipinski definition) is 1. The molecular formula is C26H31ClN2O3. The molecule has 2 amide bonds. The number of rotatable bonds is 8. The maximum atomic E-state index is 13.6. The van der Waals surface area contributed by atoms with Gasteiger partial charge in [-0.1, -0.05) is 48.2 Å². The van der Waals surface area contributed by atoms with Crippen LogP contribution in [-0.4, -0.2) is 29.3 Å². The minimum Gasteiger partial charge on any atom is -0.459 e. The van der Waals surface area contributed by atoms with E-state index in [9.17, 15) is 9.59 Å². The van der Waals surface area contributed by atoms with Gasteiger partial charge in [0.05, 0.1) is 6.26 Å². The van der Waals surface area contributed by atoms with Gasteiger partial charge in [0.1, 0.15) is 6.04 Å². The van der Waals surface area contributed by atoms with Crippen molar-refractivity contribution in [3.05, 3.63) is 70.7 Å². The molecule has 2 aliphatic rings. The molecule has 170 valence electrons. The van der Waals surface area contributed by atoms with Crippen LogP contribution in [0.2, 0.25) is 5.02 Å². The Morgan fingerprint density at radius 3 is 2.53 bits per heavy atom. The van der Waals surface area contributed by atoms with Crippen LogP contribution in [0, 0.1) is 0 Å². The van der Waals surface area contributed by atoms with E-state index in [1.54, 1.807) is 29.2 Å². The van der Waals surface area contributed by atoms with E-state index < -0.39 is 6.04 Å². The molecule has 0 aliphatic heterocycles. The van der Waals surface area contributed by atoms with Gasteiger partial charge in [-0.2, -0.15) is 0 Å². The highest BCUT2D eigenvalue weighted by molar-refractivity contribution is 6.30. The smallest absolute Gasteiger partial charge is 0.290 e. The highest BCUT2D eigenvalue weighted by Gasteiger charge is 2.34. The maximum Gasteiger partial charge on any atom is 0.290 e. The maximum absolute atomic E-state index is 13.6. The minimum atomic E-state index is -0.741. The third-order valence-electron chi connectivity index (χ3n) is 6.50. The van der Waals surface area contributed by atoms with Crippen LogP contribution in [-0.2, 0) is 4.79 Å². The standard InChI is InChI=1S/C26H31ClN2O3/c27-21-14-12-20(13-15-21)24(25(30)28-22-9-4-5-10-22)29(26(31)23-11-6-18-32-23)17-16-19-7-2-1-3-8-19/h6-7,11-15,18,22,24H,1-5,8-10,16-17H2,(H,28,30)/t24-/m0/s1. The molecule has 0 bridgehead atoms. The van der Waals surface area contributed by atoms with E-state index in [1.807, 2.05) is 12.1 Å². The van der Waals surface area contributed by atoms with E-state index in [-0.39, 0.29) is 23.6 Å². The number of nitrogens with zero attached hydrogens (tertiary/aromatic N) is 1. The fourth-order valence-electron chi connectivity index (χ4n) is 4.75. The molecule has 0 spiro atoms. The van der Waals surface area contributed by atoms with Gasteiger partial charge in [-0.15, -0.1) is 0 Å². The van der Waals surface area contributed by atoms with Crippen molar-refractivity contribution < 1.29 is 14.0 Å². The Labute approximate surface area is 194 Å². The Morgan fingerprint density at radius 2 is 1.88 bits per heavy atom. The largest absolute Gasteiger partial charge is 0.459 e. The Bertz CT molecular complexity index is 930. The zero-order chi connectivity index (χ0) is 22.3. The molecule has 2 aliphatic carbocycles. The second-order valence-corrected chi connectivity index (χ2v) is 9.21. The van der Waals surface area contributed by atoms with Crippen molar-refractivity contribution in [3.8, 4) is 0 Å². The van der Waals surface area contributed by atoms with Gasteiger partial charge >= 0.3 is 0 Å². The molecule has 5 nitrogen and oxygen atoms in total. The molecule has 32 heavy (non-hydrogen) atoms. The predicted molar refractivity (Wildman–Crippen MR) is 126 cm³/mol. The van der Waals surface area contributed by atoms with Gasteiger partial charge in [-0.3, -0.25) is 9.59 Å². The van der Waals surface area contributed by atoms with Crippen LogP contribution >= 0.6 is 11.6 Å². The predicted octanol–water partition coefficient (Wildman–Crippen LogP) is 6.07. The summed E-state index contributed by atoms with van der Waals surface area (Å²) in [6.07, 6.45) is 13.3. The number of carbonyl (C=O) groups excluding carboxylic acids is 2. The molecule has 1 saturated carbocycles. The van der Waals surface area contributed by atoms with Crippen LogP contribution in [0.5, 0.6) is 0 Å². The minimum absolute atomic E-state index is 0.142. The average Bonchev–Trinajstić information content (AvgIpc) is 3.52. The third-order valence-corrected chi connectivity index (χ3v) is 6.75. The number of benzene rings is 1. The van der Waals surface area contributed by atoms with Crippen molar-refractivity contribution in [2.45, 2.75) is 69.9 Å². The SMILES string of the molecule is O=C(NC1CCCC1)[C@H](c1ccc(Cl)cc1)N(CCC1=CCCCC1)C(=O)c1ccco1. The summed E-state index contributed by atoms with van der Waals surface area (Å²) in [7, 11) is 0. The van der Waals surface area contributed by atoms with Crippen molar-refractivity contribution >= 4 is 23.4 Å². The van der Waals surface area contributed by atoms with E-state index in [2.05, 4.69) is 11.4 Å². The number of carbonyl (C=O) groups is 2. The molecule has 1 N–H and O–H groups in total. The molecule has 0 saturated heterocycles. The summed E-state index contributed by atoms with van der Waals surface area (Å²) >= 11 is 6.12.